The van der Waals surface area contributed by atoms with Gasteiger partial charge >= 0.3 is 0 Å². The molecule has 0 aromatic heterocycles. The number of hydrogen-bond acceptors (Lipinski definition) is 4. The number of carbonyl (C=O) groups excluding carboxylic acids is 1. The minimum absolute atomic E-state index is 0.133. The lowest BCUT2D eigenvalue weighted by atomic mass is 10.1. The van der Waals surface area contributed by atoms with Crippen LogP contribution >= 0.6 is 0 Å². The highest BCUT2D eigenvalue weighted by Gasteiger charge is 2.20. The Morgan fingerprint density at radius 3 is 3.18 bits per heavy atom. The summed E-state index contributed by atoms with van der Waals surface area (Å²) in [6.45, 7) is 4.50. The zero-order valence-corrected chi connectivity index (χ0v) is 10.6. The zero-order chi connectivity index (χ0) is 12.1. The molecule has 2 unspecified atom stereocenters. The first-order valence-corrected chi connectivity index (χ1v) is 6.54. The quantitative estimate of drug-likeness (QED) is 0.701. The molecule has 0 radical (unpaired) electrons. The number of likely N-dealkylation sites (N-methyl/N-ethyl adjacent to an activating group) is 1. The Hall–Kier alpha value is -0.650. The van der Waals surface area contributed by atoms with Crippen molar-refractivity contribution in [2.24, 2.45) is 0 Å². The van der Waals surface area contributed by atoms with Crippen molar-refractivity contribution in [3.63, 3.8) is 0 Å². The van der Waals surface area contributed by atoms with E-state index in [0.717, 1.165) is 39.1 Å². The number of piperazine rings is 1. The number of amides is 1. The van der Waals surface area contributed by atoms with E-state index in [4.69, 9.17) is 4.74 Å². The fourth-order valence-electron chi connectivity index (χ4n) is 2.46. The SMILES string of the molecule is CN1CCNC(CC(=O)NCC2CCCO2)C1. The van der Waals surface area contributed by atoms with Crippen LogP contribution in [-0.4, -0.2) is 62.8 Å². The number of rotatable bonds is 4. The highest BCUT2D eigenvalue weighted by atomic mass is 16.5. The zero-order valence-electron chi connectivity index (χ0n) is 10.6. The summed E-state index contributed by atoms with van der Waals surface area (Å²) in [6.07, 6.45) is 3.00. The number of ether oxygens (including phenoxy) is 1. The molecule has 2 atom stereocenters. The summed E-state index contributed by atoms with van der Waals surface area (Å²) >= 11 is 0. The van der Waals surface area contributed by atoms with Crippen molar-refractivity contribution in [3.8, 4) is 0 Å². The maximum absolute atomic E-state index is 11.7. The Morgan fingerprint density at radius 1 is 1.59 bits per heavy atom. The van der Waals surface area contributed by atoms with E-state index in [2.05, 4.69) is 22.6 Å². The summed E-state index contributed by atoms with van der Waals surface area (Å²) < 4.78 is 5.47. The summed E-state index contributed by atoms with van der Waals surface area (Å²) in [6, 6.07) is 0.290. The van der Waals surface area contributed by atoms with E-state index in [0.29, 0.717) is 19.0 Å². The molecular formula is C12H23N3O2. The standard InChI is InChI=1S/C12H23N3O2/c1-15-5-4-13-10(9-15)7-12(16)14-8-11-3-2-6-17-11/h10-11,13H,2-9H2,1H3,(H,14,16). The second-order valence-electron chi connectivity index (χ2n) is 5.06. The molecule has 2 saturated heterocycles. The largest absolute Gasteiger partial charge is 0.376 e. The van der Waals surface area contributed by atoms with Crippen LogP contribution in [0.2, 0.25) is 0 Å². The van der Waals surface area contributed by atoms with E-state index in [-0.39, 0.29) is 12.0 Å². The molecule has 2 aliphatic heterocycles. The van der Waals surface area contributed by atoms with Crippen molar-refractivity contribution >= 4 is 5.91 Å². The van der Waals surface area contributed by atoms with Crippen molar-refractivity contribution in [1.29, 1.82) is 0 Å². The Morgan fingerprint density at radius 2 is 2.47 bits per heavy atom. The fourth-order valence-corrected chi connectivity index (χ4v) is 2.46. The van der Waals surface area contributed by atoms with Crippen LogP contribution in [0.1, 0.15) is 19.3 Å². The lowest BCUT2D eigenvalue weighted by Crippen LogP contribution is -2.51. The molecule has 1 amide bonds. The Bertz CT molecular complexity index is 254. The van der Waals surface area contributed by atoms with E-state index in [1.807, 2.05) is 0 Å². The van der Waals surface area contributed by atoms with Crippen LogP contribution in [0.5, 0.6) is 0 Å². The summed E-state index contributed by atoms with van der Waals surface area (Å²) in [7, 11) is 2.10. The van der Waals surface area contributed by atoms with Gasteiger partial charge in [-0.1, -0.05) is 0 Å². The minimum Gasteiger partial charge on any atom is -0.376 e. The molecular weight excluding hydrogens is 218 g/mol. The maximum atomic E-state index is 11.7. The summed E-state index contributed by atoms with van der Waals surface area (Å²) in [5.74, 6) is 0.133. The molecule has 17 heavy (non-hydrogen) atoms. The predicted octanol–water partition coefficient (Wildman–Crippen LogP) is -0.425. The molecule has 2 N–H and O–H groups in total. The van der Waals surface area contributed by atoms with Gasteiger partial charge in [-0.05, 0) is 19.9 Å². The lowest BCUT2D eigenvalue weighted by molar-refractivity contribution is -0.122. The molecule has 2 rings (SSSR count). The molecule has 0 aromatic rings. The smallest absolute Gasteiger partial charge is 0.221 e. The molecule has 2 fully saturated rings. The van der Waals surface area contributed by atoms with E-state index in [9.17, 15) is 4.79 Å². The monoisotopic (exact) mass is 241 g/mol. The van der Waals surface area contributed by atoms with Crippen molar-refractivity contribution in [1.82, 2.24) is 15.5 Å². The molecule has 98 valence electrons. The maximum Gasteiger partial charge on any atom is 0.221 e. The minimum atomic E-state index is 0.133. The van der Waals surface area contributed by atoms with Crippen LogP contribution in [-0.2, 0) is 9.53 Å². The third-order valence-corrected chi connectivity index (χ3v) is 3.44. The van der Waals surface area contributed by atoms with Gasteiger partial charge in [-0.3, -0.25) is 4.79 Å². The predicted molar refractivity (Wildman–Crippen MR) is 65.9 cm³/mol. The van der Waals surface area contributed by atoms with Gasteiger partial charge in [0.05, 0.1) is 6.10 Å². The van der Waals surface area contributed by atoms with Crippen LogP contribution in [0, 0.1) is 0 Å². The lowest BCUT2D eigenvalue weighted by Gasteiger charge is -2.30. The summed E-state index contributed by atoms with van der Waals surface area (Å²) in [4.78, 5) is 14.0. The molecule has 2 aliphatic rings. The Kier molecular flexibility index (Phi) is 4.76. The highest BCUT2D eigenvalue weighted by Crippen LogP contribution is 2.10. The molecule has 0 aromatic carbocycles. The van der Waals surface area contributed by atoms with E-state index >= 15 is 0 Å². The average Bonchev–Trinajstić information content (AvgIpc) is 2.79. The first-order valence-electron chi connectivity index (χ1n) is 6.54. The molecule has 2 heterocycles. The number of hydrogen-bond donors (Lipinski definition) is 2. The normalized spacial score (nSPS) is 30.4. The van der Waals surface area contributed by atoms with Gasteiger partial charge in [0.1, 0.15) is 0 Å². The van der Waals surface area contributed by atoms with Gasteiger partial charge in [-0.2, -0.15) is 0 Å². The van der Waals surface area contributed by atoms with Gasteiger partial charge < -0.3 is 20.3 Å². The van der Waals surface area contributed by atoms with Crippen molar-refractivity contribution < 1.29 is 9.53 Å². The fraction of sp³-hybridized carbons (Fsp3) is 0.917. The number of nitrogens with zero attached hydrogens (tertiary/aromatic N) is 1. The Balaban J connectivity index is 1.62. The average molecular weight is 241 g/mol. The second-order valence-corrected chi connectivity index (χ2v) is 5.06. The van der Waals surface area contributed by atoms with Gasteiger partial charge in [0.25, 0.3) is 0 Å². The first-order chi connectivity index (χ1) is 8.24. The molecule has 5 heteroatoms. The number of nitrogens with one attached hydrogen (secondary N) is 2. The summed E-state index contributed by atoms with van der Waals surface area (Å²) in [5.41, 5.74) is 0. The van der Waals surface area contributed by atoms with Crippen LogP contribution in [0.4, 0.5) is 0 Å². The van der Waals surface area contributed by atoms with Crippen LogP contribution in [0.15, 0.2) is 0 Å². The second kappa shape index (κ2) is 6.33. The molecule has 5 nitrogen and oxygen atoms in total. The Labute approximate surface area is 103 Å². The third kappa shape index (κ3) is 4.26. The number of carbonyl (C=O) groups is 1. The topological polar surface area (TPSA) is 53.6 Å². The van der Waals surface area contributed by atoms with Gasteiger partial charge in [-0.15, -0.1) is 0 Å². The van der Waals surface area contributed by atoms with Gasteiger partial charge in [0, 0.05) is 45.2 Å². The van der Waals surface area contributed by atoms with Gasteiger partial charge in [-0.25, -0.2) is 0 Å². The van der Waals surface area contributed by atoms with Crippen molar-refractivity contribution in [3.05, 3.63) is 0 Å². The molecule has 0 spiro atoms. The van der Waals surface area contributed by atoms with Crippen LogP contribution < -0.4 is 10.6 Å². The molecule has 0 saturated carbocycles. The van der Waals surface area contributed by atoms with Gasteiger partial charge in [0.2, 0.25) is 5.91 Å². The first kappa shape index (κ1) is 12.8. The van der Waals surface area contributed by atoms with Gasteiger partial charge in [0.15, 0.2) is 0 Å². The van der Waals surface area contributed by atoms with E-state index < -0.39 is 0 Å². The van der Waals surface area contributed by atoms with E-state index in [1.54, 1.807) is 0 Å². The van der Waals surface area contributed by atoms with Crippen molar-refractivity contribution in [2.45, 2.75) is 31.4 Å². The van der Waals surface area contributed by atoms with Crippen LogP contribution in [0.3, 0.4) is 0 Å². The molecule has 0 bridgehead atoms. The summed E-state index contributed by atoms with van der Waals surface area (Å²) in [5, 5.41) is 6.34. The van der Waals surface area contributed by atoms with Crippen molar-refractivity contribution in [2.75, 3.05) is 39.8 Å². The van der Waals surface area contributed by atoms with E-state index in [1.165, 1.54) is 0 Å². The van der Waals surface area contributed by atoms with Crippen LogP contribution in [0.25, 0.3) is 0 Å². The molecule has 0 aliphatic carbocycles. The third-order valence-electron chi connectivity index (χ3n) is 3.44. The highest BCUT2D eigenvalue weighted by molar-refractivity contribution is 5.76.